The Hall–Kier alpha value is -0.660. The number of carbonyl (C=O) groups is 1. The maximum atomic E-state index is 12.2. The number of amides is 1. The average molecular weight is 372 g/mol. The van der Waals surface area contributed by atoms with Gasteiger partial charge in [0.25, 0.3) is 0 Å². The molecule has 2 atom stereocenters. The van der Waals surface area contributed by atoms with Gasteiger partial charge < -0.3 is 4.90 Å². The van der Waals surface area contributed by atoms with Crippen molar-refractivity contribution < 1.29 is 13.2 Å². The first kappa shape index (κ1) is 19.1. The van der Waals surface area contributed by atoms with E-state index in [9.17, 15) is 13.2 Å². The van der Waals surface area contributed by atoms with E-state index in [2.05, 4.69) is 9.80 Å². The highest BCUT2D eigenvalue weighted by molar-refractivity contribution is 7.91. The van der Waals surface area contributed by atoms with Crippen LogP contribution in [0.15, 0.2) is 0 Å². The minimum Gasteiger partial charge on any atom is -0.348 e. The zero-order valence-corrected chi connectivity index (χ0v) is 16.5. The number of fused-ring (bicyclic) bond motifs is 1. The molecule has 2 aliphatic heterocycles. The van der Waals surface area contributed by atoms with Crippen LogP contribution in [0.2, 0.25) is 0 Å². The molecule has 6 nitrogen and oxygen atoms in total. The third-order valence-electron chi connectivity index (χ3n) is 6.28. The van der Waals surface area contributed by atoms with Gasteiger partial charge in [0.15, 0.2) is 9.84 Å². The van der Waals surface area contributed by atoms with Gasteiger partial charge in [-0.25, -0.2) is 8.42 Å². The minimum atomic E-state index is -3.00. The van der Waals surface area contributed by atoms with Crippen LogP contribution >= 0.6 is 0 Å². The van der Waals surface area contributed by atoms with Crippen molar-refractivity contribution in [2.24, 2.45) is 5.92 Å². The van der Waals surface area contributed by atoms with E-state index in [0.717, 1.165) is 25.6 Å². The fourth-order valence-corrected chi connectivity index (χ4v) is 6.81. The van der Waals surface area contributed by atoms with Gasteiger partial charge in [-0.05, 0) is 25.3 Å². The number of hydrogen-bond acceptors (Lipinski definition) is 5. The standard InChI is InChI=1S/C18H33N3O3S/c1-19(2)18(22)12-21-11-10-20(9-5-8-15-6-3-4-7-15)16-13-25(23,24)14-17(16)21/h15-17H,3-14H2,1-2H3/t16-,17+/m1/s1. The molecule has 0 aromatic rings. The summed E-state index contributed by atoms with van der Waals surface area (Å²) in [5.41, 5.74) is 0. The van der Waals surface area contributed by atoms with Crippen LogP contribution < -0.4 is 0 Å². The van der Waals surface area contributed by atoms with E-state index in [4.69, 9.17) is 0 Å². The molecule has 0 spiro atoms. The summed E-state index contributed by atoms with van der Waals surface area (Å²) < 4.78 is 24.5. The van der Waals surface area contributed by atoms with Crippen molar-refractivity contribution in [3.63, 3.8) is 0 Å². The van der Waals surface area contributed by atoms with Crippen molar-refractivity contribution in [2.75, 3.05) is 51.8 Å². The summed E-state index contributed by atoms with van der Waals surface area (Å²) >= 11 is 0. The Kier molecular flexibility index (Phi) is 6.06. The summed E-state index contributed by atoms with van der Waals surface area (Å²) in [5, 5.41) is 0. The molecule has 0 unspecified atom stereocenters. The van der Waals surface area contributed by atoms with E-state index in [1.807, 2.05) is 0 Å². The monoisotopic (exact) mass is 371 g/mol. The topological polar surface area (TPSA) is 60.9 Å². The third kappa shape index (κ3) is 4.74. The van der Waals surface area contributed by atoms with E-state index in [1.54, 1.807) is 19.0 Å². The highest BCUT2D eigenvalue weighted by atomic mass is 32.2. The maximum absolute atomic E-state index is 12.2. The van der Waals surface area contributed by atoms with Crippen LogP contribution in [0.25, 0.3) is 0 Å². The highest BCUT2D eigenvalue weighted by Crippen LogP contribution is 2.30. The molecule has 1 aliphatic carbocycles. The van der Waals surface area contributed by atoms with Crippen LogP contribution in [0.5, 0.6) is 0 Å². The van der Waals surface area contributed by atoms with Crippen LogP contribution in [0.4, 0.5) is 0 Å². The third-order valence-corrected chi connectivity index (χ3v) is 7.97. The van der Waals surface area contributed by atoms with Gasteiger partial charge in [-0.2, -0.15) is 0 Å². The molecule has 0 bridgehead atoms. The summed E-state index contributed by atoms with van der Waals surface area (Å²) in [4.78, 5) is 18.2. The van der Waals surface area contributed by atoms with Crippen molar-refractivity contribution in [3.8, 4) is 0 Å². The number of carbonyl (C=O) groups excluding carboxylic acids is 1. The van der Waals surface area contributed by atoms with Gasteiger partial charge in [0.2, 0.25) is 5.91 Å². The van der Waals surface area contributed by atoms with Crippen molar-refractivity contribution in [1.29, 1.82) is 0 Å². The quantitative estimate of drug-likeness (QED) is 0.692. The highest BCUT2D eigenvalue weighted by Gasteiger charge is 2.46. The molecule has 0 N–H and O–H groups in total. The second kappa shape index (κ2) is 7.92. The van der Waals surface area contributed by atoms with Gasteiger partial charge >= 0.3 is 0 Å². The van der Waals surface area contributed by atoms with Crippen molar-refractivity contribution in [3.05, 3.63) is 0 Å². The first-order chi connectivity index (χ1) is 11.9. The molecule has 3 rings (SSSR count). The second-order valence-electron chi connectivity index (χ2n) is 8.30. The van der Waals surface area contributed by atoms with E-state index >= 15 is 0 Å². The van der Waals surface area contributed by atoms with Gasteiger partial charge in [-0.1, -0.05) is 25.7 Å². The lowest BCUT2D eigenvalue weighted by molar-refractivity contribution is -0.131. The number of piperazine rings is 1. The smallest absolute Gasteiger partial charge is 0.236 e. The van der Waals surface area contributed by atoms with Crippen LogP contribution in [0, 0.1) is 5.92 Å². The molecular weight excluding hydrogens is 338 g/mol. The zero-order valence-electron chi connectivity index (χ0n) is 15.7. The minimum absolute atomic E-state index is 0.0193. The van der Waals surface area contributed by atoms with Crippen molar-refractivity contribution >= 4 is 15.7 Å². The molecule has 1 saturated carbocycles. The lowest BCUT2D eigenvalue weighted by atomic mass is 10.00. The lowest BCUT2D eigenvalue weighted by Crippen LogP contribution is -2.60. The summed E-state index contributed by atoms with van der Waals surface area (Å²) in [6.45, 7) is 3.00. The Labute approximate surface area is 152 Å². The average Bonchev–Trinajstić information content (AvgIpc) is 3.15. The Balaban J connectivity index is 1.58. The van der Waals surface area contributed by atoms with Gasteiger partial charge in [-0.3, -0.25) is 14.6 Å². The van der Waals surface area contributed by atoms with Crippen molar-refractivity contribution in [2.45, 2.75) is 50.6 Å². The van der Waals surface area contributed by atoms with Crippen LogP contribution in [0.3, 0.4) is 0 Å². The SMILES string of the molecule is CN(C)C(=O)CN1CCN(CCCC2CCCC2)[C@@H]2CS(=O)(=O)C[C@@H]21. The van der Waals surface area contributed by atoms with E-state index in [-0.39, 0.29) is 29.5 Å². The molecule has 2 saturated heterocycles. The first-order valence-electron chi connectivity index (χ1n) is 9.74. The molecule has 0 aromatic heterocycles. The molecule has 2 heterocycles. The predicted octanol–water partition coefficient (Wildman–Crippen LogP) is 0.828. The number of rotatable bonds is 6. The van der Waals surface area contributed by atoms with Crippen molar-refractivity contribution in [1.82, 2.24) is 14.7 Å². The Morgan fingerprint density at radius 3 is 2.28 bits per heavy atom. The first-order valence-corrected chi connectivity index (χ1v) is 11.6. The van der Waals surface area contributed by atoms with Crippen LogP contribution in [-0.2, 0) is 14.6 Å². The van der Waals surface area contributed by atoms with Crippen LogP contribution in [-0.4, -0.2) is 92.9 Å². The molecule has 0 aromatic carbocycles. The molecule has 7 heteroatoms. The Bertz CT molecular complexity index is 572. The van der Waals surface area contributed by atoms with E-state index in [1.165, 1.54) is 38.5 Å². The summed E-state index contributed by atoms with van der Waals surface area (Å²) in [7, 11) is 0.509. The normalized spacial score (nSPS) is 30.5. The van der Waals surface area contributed by atoms with Gasteiger partial charge in [0, 0.05) is 39.3 Å². The largest absolute Gasteiger partial charge is 0.348 e. The number of likely N-dealkylation sites (N-methyl/N-ethyl adjacent to an activating group) is 1. The molecular formula is C18H33N3O3S. The summed E-state index contributed by atoms with van der Waals surface area (Å²) in [5.74, 6) is 1.41. The number of sulfone groups is 1. The van der Waals surface area contributed by atoms with Gasteiger partial charge in [0.1, 0.15) is 0 Å². The lowest BCUT2D eigenvalue weighted by Gasteiger charge is -2.44. The zero-order chi connectivity index (χ0) is 18.0. The molecule has 25 heavy (non-hydrogen) atoms. The Morgan fingerprint density at radius 1 is 1.04 bits per heavy atom. The van der Waals surface area contributed by atoms with E-state index < -0.39 is 9.84 Å². The maximum Gasteiger partial charge on any atom is 0.236 e. The van der Waals surface area contributed by atoms with Gasteiger partial charge in [0.05, 0.1) is 18.1 Å². The molecule has 3 aliphatic rings. The summed E-state index contributed by atoms with van der Waals surface area (Å²) in [6.07, 6.45) is 7.97. The number of hydrogen-bond donors (Lipinski definition) is 0. The Morgan fingerprint density at radius 2 is 1.64 bits per heavy atom. The molecule has 144 valence electrons. The molecule has 3 fully saturated rings. The molecule has 1 amide bonds. The summed E-state index contributed by atoms with van der Waals surface area (Å²) in [6, 6.07) is 0.0476. The fourth-order valence-electron chi connectivity index (χ4n) is 4.77. The second-order valence-corrected chi connectivity index (χ2v) is 10.5. The van der Waals surface area contributed by atoms with Gasteiger partial charge in [-0.15, -0.1) is 0 Å². The van der Waals surface area contributed by atoms with Crippen LogP contribution in [0.1, 0.15) is 38.5 Å². The number of nitrogens with zero attached hydrogens (tertiary/aromatic N) is 3. The predicted molar refractivity (Wildman–Crippen MR) is 99.3 cm³/mol. The van der Waals surface area contributed by atoms with E-state index in [0.29, 0.717) is 6.54 Å². The fraction of sp³-hybridized carbons (Fsp3) is 0.944. The molecule has 0 radical (unpaired) electrons.